The van der Waals surface area contributed by atoms with Gasteiger partial charge in [-0.05, 0) is 72.6 Å². The van der Waals surface area contributed by atoms with E-state index in [1.165, 1.54) is 0 Å². The highest BCUT2D eigenvalue weighted by Gasteiger charge is 2.34. The zero-order chi connectivity index (χ0) is 25.5. The third-order valence-corrected chi connectivity index (χ3v) is 8.45. The van der Waals surface area contributed by atoms with E-state index in [9.17, 15) is 15.2 Å². The lowest BCUT2D eigenvalue weighted by atomic mass is 9.74. The van der Waals surface area contributed by atoms with E-state index in [1.807, 2.05) is 31.0 Å². The van der Waals surface area contributed by atoms with E-state index in [1.54, 1.807) is 12.1 Å². The Balaban J connectivity index is 1.61. The van der Waals surface area contributed by atoms with E-state index < -0.39 is 0 Å². The van der Waals surface area contributed by atoms with Crippen LogP contribution in [-0.4, -0.2) is 40.2 Å². The molecule has 0 unspecified atom stereocenters. The van der Waals surface area contributed by atoms with Crippen molar-refractivity contribution in [2.45, 2.75) is 40.0 Å². The van der Waals surface area contributed by atoms with Gasteiger partial charge in [0.05, 0.1) is 22.2 Å². The number of piperidine rings is 1. The van der Waals surface area contributed by atoms with Crippen molar-refractivity contribution < 1.29 is 9.90 Å². The number of aryl methyl sites for hydroxylation is 2. The van der Waals surface area contributed by atoms with Crippen molar-refractivity contribution in [1.29, 1.82) is 5.26 Å². The van der Waals surface area contributed by atoms with Crippen LogP contribution in [0.1, 0.15) is 59.4 Å². The first-order valence-corrected chi connectivity index (χ1v) is 12.7. The Kier molecular flexibility index (Phi) is 7.20. The summed E-state index contributed by atoms with van der Waals surface area (Å²) in [6.07, 6.45) is 2.19. The van der Waals surface area contributed by atoms with Crippen LogP contribution in [0.2, 0.25) is 10.0 Å². The minimum atomic E-state index is -0.148. The van der Waals surface area contributed by atoms with Crippen LogP contribution in [0.25, 0.3) is 10.9 Å². The van der Waals surface area contributed by atoms with Gasteiger partial charge in [-0.25, -0.2) is 0 Å². The SMILES string of the molecule is Cc1cc(C#N)cc2c1cc(Cc1c(Cl)ccc(C(=O)N3CCC(C(C)(C)CO)CC3)c1Cl)n2C. The number of nitriles is 1. The number of nitrogens with zero attached hydrogens (tertiary/aromatic N) is 3. The molecule has 1 aromatic heterocycles. The molecule has 1 aliphatic rings. The summed E-state index contributed by atoms with van der Waals surface area (Å²) < 4.78 is 2.05. The summed E-state index contributed by atoms with van der Waals surface area (Å²) in [4.78, 5) is 15.3. The van der Waals surface area contributed by atoms with Gasteiger partial charge >= 0.3 is 0 Å². The topological polar surface area (TPSA) is 69.3 Å². The predicted octanol–water partition coefficient (Wildman–Crippen LogP) is 6.13. The number of aromatic nitrogens is 1. The number of hydrogen-bond donors (Lipinski definition) is 1. The highest BCUT2D eigenvalue weighted by molar-refractivity contribution is 6.38. The van der Waals surface area contributed by atoms with Crippen LogP contribution in [0.4, 0.5) is 0 Å². The molecule has 7 heteroatoms. The van der Waals surface area contributed by atoms with Crippen LogP contribution in [0.5, 0.6) is 0 Å². The molecule has 3 aromatic rings. The molecule has 0 bridgehead atoms. The smallest absolute Gasteiger partial charge is 0.255 e. The minimum absolute atomic E-state index is 0.0836. The van der Waals surface area contributed by atoms with Crippen LogP contribution in [0, 0.1) is 29.6 Å². The quantitative estimate of drug-likeness (QED) is 0.448. The number of aliphatic hydroxyl groups is 1. The second kappa shape index (κ2) is 9.85. The van der Waals surface area contributed by atoms with Gasteiger partial charge in [0.25, 0.3) is 5.91 Å². The standard InChI is InChI=1S/C28H31Cl2N3O2/c1-17-11-18(15-31)12-25-22(17)13-20(32(25)4)14-23-24(29)6-5-21(26(23)30)27(35)33-9-7-19(8-10-33)28(2,3)16-34/h5-6,11-13,19,34H,7-10,14,16H2,1-4H3. The number of amides is 1. The van der Waals surface area contributed by atoms with Crippen LogP contribution in [0.3, 0.4) is 0 Å². The molecular formula is C28H31Cl2N3O2. The molecule has 1 N–H and O–H groups in total. The van der Waals surface area contributed by atoms with Crippen molar-refractivity contribution >= 4 is 40.0 Å². The summed E-state index contributed by atoms with van der Waals surface area (Å²) in [6.45, 7) is 7.58. The molecule has 0 atom stereocenters. The Morgan fingerprint density at radius 3 is 2.51 bits per heavy atom. The lowest BCUT2D eigenvalue weighted by Gasteiger charge is -2.39. The molecule has 0 radical (unpaired) electrons. The van der Waals surface area contributed by atoms with Crippen molar-refractivity contribution in [3.05, 3.63) is 68.3 Å². The maximum Gasteiger partial charge on any atom is 0.255 e. The Labute approximate surface area is 216 Å². The Hall–Kier alpha value is -2.52. The molecule has 1 fully saturated rings. The maximum atomic E-state index is 13.4. The molecular weight excluding hydrogens is 481 g/mol. The van der Waals surface area contributed by atoms with Crippen molar-refractivity contribution in [3.8, 4) is 6.07 Å². The van der Waals surface area contributed by atoms with Crippen molar-refractivity contribution in [3.63, 3.8) is 0 Å². The van der Waals surface area contributed by atoms with Gasteiger partial charge in [0.15, 0.2) is 0 Å². The third kappa shape index (κ3) is 4.80. The van der Waals surface area contributed by atoms with E-state index in [-0.39, 0.29) is 17.9 Å². The predicted molar refractivity (Wildman–Crippen MR) is 141 cm³/mol. The Morgan fingerprint density at radius 2 is 1.89 bits per heavy atom. The fraction of sp³-hybridized carbons (Fsp3) is 0.429. The van der Waals surface area contributed by atoms with Gasteiger partial charge in [0.1, 0.15) is 0 Å². The number of rotatable bonds is 5. The van der Waals surface area contributed by atoms with Crippen LogP contribution in [-0.2, 0) is 13.5 Å². The van der Waals surface area contributed by atoms with Gasteiger partial charge < -0.3 is 14.6 Å². The summed E-state index contributed by atoms with van der Waals surface area (Å²) in [7, 11) is 1.97. The molecule has 1 saturated heterocycles. The van der Waals surface area contributed by atoms with Crippen LogP contribution >= 0.6 is 23.2 Å². The first-order chi connectivity index (χ1) is 16.6. The zero-order valence-electron chi connectivity index (χ0n) is 20.7. The highest BCUT2D eigenvalue weighted by atomic mass is 35.5. The fourth-order valence-electron chi connectivity index (χ4n) is 5.17. The van der Waals surface area contributed by atoms with Gasteiger partial charge in [-0.3, -0.25) is 4.79 Å². The van der Waals surface area contributed by atoms with Gasteiger partial charge in [-0.2, -0.15) is 5.26 Å². The van der Waals surface area contributed by atoms with Crippen molar-refractivity contribution in [1.82, 2.24) is 9.47 Å². The average Bonchev–Trinajstić information content (AvgIpc) is 3.17. The van der Waals surface area contributed by atoms with Crippen LogP contribution in [0.15, 0.2) is 30.3 Å². The number of benzene rings is 2. The lowest BCUT2D eigenvalue weighted by molar-refractivity contribution is 0.0409. The number of aliphatic hydroxyl groups excluding tert-OH is 1. The number of halogens is 2. The van der Waals surface area contributed by atoms with Gasteiger partial charge in [0, 0.05) is 54.8 Å². The van der Waals surface area contributed by atoms with E-state index >= 15 is 0 Å². The van der Waals surface area contributed by atoms with E-state index in [0.29, 0.717) is 46.6 Å². The summed E-state index contributed by atoms with van der Waals surface area (Å²) in [5, 5.41) is 21.0. The Bertz CT molecular complexity index is 1330. The Morgan fingerprint density at radius 1 is 1.20 bits per heavy atom. The number of hydrogen-bond acceptors (Lipinski definition) is 3. The lowest BCUT2D eigenvalue weighted by Crippen LogP contribution is -2.43. The molecule has 5 nitrogen and oxygen atoms in total. The van der Waals surface area contributed by atoms with Crippen molar-refractivity contribution in [2.75, 3.05) is 19.7 Å². The highest BCUT2D eigenvalue weighted by Crippen LogP contribution is 2.37. The molecule has 0 saturated carbocycles. The number of carbonyl (C=O) groups excluding carboxylic acids is 1. The monoisotopic (exact) mass is 511 g/mol. The summed E-state index contributed by atoms with van der Waals surface area (Å²) in [6, 6.07) is 11.6. The third-order valence-electron chi connectivity index (χ3n) is 7.67. The molecule has 2 heterocycles. The van der Waals surface area contributed by atoms with Crippen LogP contribution < -0.4 is 0 Å². The second-order valence-corrected chi connectivity index (χ2v) is 11.1. The molecule has 0 spiro atoms. The molecule has 2 aromatic carbocycles. The van der Waals surface area contributed by atoms with Gasteiger partial charge in [-0.1, -0.05) is 37.0 Å². The zero-order valence-corrected chi connectivity index (χ0v) is 22.2. The fourth-order valence-corrected chi connectivity index (χ4v) is 5.75. The number of carbonyl (C=O) groups is 1. The van der Waals surface area contributed by atoms with E-state index in [0.717, 1.165) is 40.6 Å². The maximum absolute atomic E-state index is 13.4. The van der Waals surface area contributed by atoms with Gasteiger partial charge in [0.2, 0.25) is 0 Å². The number of fused-ring (bicyclic) bond motifs is 1. The first kappa shape index (κ1) is 25.6. The average molecular weight is 512 g/mol. The number of likely N-dealkylation sites (tertiary alicyclic amines) is 1. The normalized spacial score (nSPS) is 15.0. The summed E-state index contributed by atoms with van der Waals surface area (Å²) in [5.74, 6) is 0.295. The van der Waals surface area contributed by atoms with E-state index in [4.69, 9.17) is 23.2 Å². The molecule has 1 amide bonds. The summed E-state index contributed by atoms with van der Waals surface area (Å²) in [5.41, 5.74) is 4.67. The largest absolute Gasteiger partial charge is 0.396 e. The van der Waals surface area contributed by atoms with Crippen molar-refractivity contribution in [2.24, 2.45) is 18.4 Å². The van der Waals surface area contributed by atoms with E-state index in [2.05, 4.69) is 30.6 Å². The van der Waals surface area contributed by atoms with Gasteiger partial charge in [-0.15, -0.1) is 0 Å². The summed E-state index contributed by atoms with van der Waals surface area (Å²) >= 11 is 13.4. The molecule has 1 aliphatic heterocycles. The minimum Gasteiger partial charge on any atom is -0.396 e. The molecule has 35 heavy (non-hydrogen) atoms. The second-order valence-electron chi connectivity index (χ2n) is 10.3. The first-order valence-electron chi connectivity index (χ1n) is 11.9. The molecule has 0 aliphatic carbocycles. The molecule has 184 valence electrons. The molecule has 4 rings (SSSR count).